The molecule has 0 amide bonds. The van der Waals surface area contributed by atoms with Crippen LogP contribution in [0.2, 0.25) is 5.02 Å². The molecule has 1 atom stereocenters. The van der Waals surface area contributed by atoms with Gasteiger partial charge in [-0.1, -0.05) is 39.3 Å². The third-order valence-corrected chi connectivity index (χ3v) is 2.83. The minimum absolute atomic E-state index is 0.479. The molecule has 16 heavy (non-hydrogen) atoms. The summed E-state index contributed by atoms with van der Waals surface area (Å²) >= 11 is 6.13. The Morgan fingerprint density at radius 3 is 2.56 bits per heavy atom. The molecule has 0 aliphatic rings. The van der Waals surface area contributed by atoms with Crippen molar-refractivity contribution in [1.29, 1.82) is 0 Å². The molecule has 90 valence electrons. The molecule has 1 heterocycles. The topological polar surface area (TPSA) is 22.1 Å². The van der Waals surface area contributed by atoms with E-state index in [4.69, 9.17) is 16.3 Å². The lowest BCUT2D eigenvalue weighted by Crippen LogP contribution is -2.06. The van der Waals surface area contributed by atoms with Crippen molar-refractivity contribution in [1.82, 2.24) is 4.98 Å². The van der Waals surface area contributed by atoms with Crippen LogP contribution in [0.5, 0.6) is 5.88 Å². The first-order chi connectivity index (χ1) is 7.54. The van der Waals surface area contributed by atoms with Gasteiger partial charge < -0.3 is 4.74 Å². The highest BCUT2D eigenvalue weighted by atomic mass is 35.5. The molecule has 3 heteroatoms. The highest BCUT2D eigenvalue weighted by molar-refractivity contribution is 6.31. The highest BCUT2D eigenvalue weighted by Gasteiger charge is 2.09. The van der Waals surface area contributed by atoms with E-state index in [1.807, 2.05) is 12.3 Å². The van der Waals surface area contributed by atoms with E-state index in [1.54, 1.807) is 0 Å². The fourth-order valence-corrected chi connectivity index (χ4v) is 1.53. The lowest BCUT2D eigenvalue weighted by Gasteiger charge is -2.12. The van der Waals surface area contributed by atoms with E-state index in [0.717, 1.165) is 6.42 Å². The lowest BCUT2D eigenvalue weighted by molar-refractivity contribution is 0.261. The first-order valence-electron chi connectivity index (χ1n) is 5.82. The summed E-state index contributed by atoms with van der Waals surface area (Å²) in [6.07, 6.45) is 2.94. The maximum atomic E-state index is 6.13. The van der Waals surface area contributed by atoms with Crippen molar-refractivity contribution < 1.29 is 4.74 Å². The van der Waals surface area contributed by atoms with E-state index < -0.39 is 0 Å². The summed E-state index contributed by atoms with van der Waals surface area (Å²) in [6, 6.07) is 1.96. The van der Waals surface area contributed by atoms with Gasteiger partial charge in [-0.15, -0.1) is 0 Å². The Hall–Kier alpha value is -0.760. The highest BCUT2D eigenvalue weighted by Crippen LogP contribution is 2.27. The van der Waals surface area contributed by atoms with Crippen molar-refractivity contribution in [3.8, 4) is 5.88 Å². The van der Waals surface area contributed by atoms with E-state index in [1.165, 1.54) is 5.56 Å². The van der Waals surface area contributed by atoms with Gasteiger partial charge in [0.1, 0.15) is 5.02 Å². The quantitative estimate of drug-likeness (QED) is 0.768. The second-order valence-corrected chi connectivity index (χ2v) is 4.98. The number of nitrogens with zero attached hydrogens (tertiary/aromatic N) is 1. The van der Waals surface area contributed by atoms with Gasteiger partial charge in [0.2, 0.25) is 5.88 Å². The van der Waals surface area contributed by atoms with Crippen molar-refractivity contribution in [2.24, 2.45) is 5.92 Å². The predicted octanol–water partition coefficient (Wildman–Crippen LogP) is 4.28. The second-order valence-electron chi connectivity index (χ2n) is 4.57. The van der Waals surface area contributed by atoms with Crippen LogP contribution in [0.3, 0.4) is 0 Å². The molecule has 2 nitrogen and oxygen atoms in total. The Morgan fingerprint density at radius 2 is 2.06 bits per heavy atom. The average Bonchev–Trinajstić information content (AvgIpc) is 2.26. The molecule has 0 saturated carbocycles. The summed E-state index contributed by atoms with van der Waals surface area (Å²) in [4.78, 5) is 4.27. The number of aromatic nitrogens is 1. The van der Waals surface area contributed by atoms with Crippen LogP contribution in [-0.2, 0) is 0 Å². The maximum Gasteiger partial charge on any atom is 0.232 e. The Bertz CT molecular complexity index is 339. The Kier molecular flexibility index (Phi) is 5.07. The lowest BCUT2D eigenvalue weighted by atomic mass is 10.0. The Labute approximate surface area is 103 Å². The summed E-state index contributed by atoms with van der Waals surface area (Å²) in [5.41, 5.74) is 1.17. The van der Waals surface area contributed by atoms with Gasteiger partial charge in [-0.2, -0.15) is 0 Å². The average molecular weight is 242 g/mol. The van der Waals surface area contributed by atoms with Gasteiger partial charge in [-0.3, -0.25) is 0 Å². The molecule has 1 aromatic heterocycles. The maximum absolute atomic E-state index is 6.13. The molecule has 1 unspecified atom stereocenters. The monoisotopic (exact) mass is 241 g/mol. The van der Waals surface area contributed by atoms with Gasteiger partial charge in [0.25, 0.3) is 0 Å². The van der Waals surface area contributed by atoms with Gasteiger partial charge in [0, 0.05) is 6.20 Å². The van der Waals surface area contributed by atoms with Crippen molar-refractivity contribution in [2.45, 2.75) is 40.0 Å². The number of hydrogen-bond donors (Lipinski definition) is 0. The number of rotatable bonds is 5. The minimum atomic E-state index is 0.479. The number of halogens is 1. The first-order valence-corrected chi connectivity index (χ1v) is 6.20. The van der Waals surface area contributed by atoms with Gasteiger partial charge in [-0.05, 0) is 29.9 Å². The number of hydrogen-bond acceptors (Lipinski definition) is 2. The molecule has 1 rings (SSSR count). The molecule has 0 spiro atoms. The SMILES string of the molecule is CCC(C)c1cnc(OCC(C)C)c(Cl)c1. The summed E-state index contributed by atoms with van der Waals surface area (Å²) in [6.45, 7) is 9.17. The molecule has 0 radical (unpaired) electrons. The smallest absolute Gasteiger partial charge is 0.232 e. The molecule has 0 aromatic carbocycles. The van der Waals surface area contributed by atoms with Crippen LogP contribution in [-0.4, -0.2) is 11.6 Å². The van der Waals surface area contributed by atoms with Gasteiger partial charge in [-0.25, -0.2) is 4.98 Å². The molecular formula is C13H20ClNO. The summed E-state index contributed by atoms with van der Waals surface area (Å²) in [5.74, 6) is 1.51. The zero-order valence-electron chi connectivity index (χ0n) is 10.5. The van der Waals surface area contributed by atoms with Crippen LogP contribution < -0.4 is 4.74 Å². The fourth-order valence-electron chi connectivity index (χ4n) is 1.30. The zero-order valence-corrected chi connectivity index (χ0v) is 11.2. The molecular weight excluding hydrogens is 222 g/mol. The minimum Gasteiger partial charge on any atom is -0.476 e. The van der Waals surface area contributed by atoms with E-state index in [0.29, 0.717) is 29.3 Å². The van der Waals surface area contributed by atoms with E-state index in [2.05, 4.69) is 32.7 Å². The zero-order chi connectivity index (χ0) is 12.1. The Balaban J connectivity index is 2.75. The third-order valence-electron chi connectivity index (χ3n) is 2.56. The first kappa shape index (κ1) is 13.3. The largest absolute Gasteiger partial charge is 0.476 e. The van der Waals surface area contributed by atoms with Gasteiger partial charge in [0.05, 0.1) is 6.61 Å². The van der Waals surface area contributed by atoms with E-state index in [9.17, 15) is 0 Å². The van der Waals surface area contributed by atoms with Gasteiger partial charge >= 0.3 is 0 Å². The molecule has 0 saturated heterocycles. The van der Waals surface area contributed by atoms with Crippen LogP contribution in [0, 0.1) is 5.92 Å². The van der Waals surface area contributed by atoms with Crippen molar-refractivity contribution in [3.63, 3.8) is 0 Å². The molecule has 1 aromatic rings. The molecule has 0 aliphatic carbocycles. The van der Waals surface area contributed by atoms with Crippen molar-refractivity contribution in [3.05, 3.63) is 22.8 Å². The van der Waals surface area contributed by atoms with Crippen molar-refractivity contribution >= 4 is 11.6 Å². The van der Waals surface area contributed by atoms with Crippen LogP contribution in [0.4, 0.5) is 0 Å². The second kappa shape index (κ2) is 6.09. The van der Waals surface area contributed by atoms with Crippen molar-refractivity contribution in [2.75, 3.05) is 6.61 Å². The van der Waals surface area contributed by atoms with Crippen LogP contribution in [0.15, 0.2) is 12.3 Å². The van der Waals surface area contributed by atoms with Crippen LogP contribution >= 0.6 is 11.6 Å². The number of pyridine rings is 1. The Morgan fingerprint density at radius 1 is 1.38 bits per heavy atom. The molecule has 0 bridgehead atoms. The van der Waals surface area contributed by atoms with E-state index in [-0.39, 0.29) is 0 Å². The van der Waals surface area contributed by atoms with Gasteiger partial charge in [0.15, 0.2) is 0 Å². The van der Waals surface area contributed by atoms with Crippen LogP contribution in [0.25, 0.3) is 0 Å². The molecule has 0 fully saturated rings. The third kappa shape index (κ3) is 3.67. The van der Waals surface area contributed by atoms with Crippen LogP contribution in [0.1, 0.15) is 45.6 Å². The summed E-state index contributed by atoms with van der Waals surface area (Å²) < 4.78 is 5.52. The van der Waals surface area contributed by atoms with E-state index >= 15 is 0 Å². The fraction of sp³-hybridized carbons (Fsp3) is 0.615. The summed E-state index contributed by atoms with van der Waals surface area (Å²) in [7, 11) is 0. The number of ether oxygens (including phenoxy) is 1. The molecule has 0 N–H and O–H groups in total. The predicted molar refractivity (Wildman–Crippen MR) is 68.3 cm³/mol. The normalized spacial score (nSPS) is 12.9. The molecule has 0 aliphatic heterocycles. The summed E-state index contributed by atoms with van der Waals surface area (Å²) in [5, 5.41) is 0.610. The standard InChI is InChI=1S/C13H20ClNO/c1-5-10(4)11-6-12(14)13(15-7-11)16-8-9(2)3/h6-7,9-10H,5,8H2,1-4H3.